The van der Waals surface area contributed by atoms with E-state index in [2.05, 4.69) is 10.2 Å². The van der Waals surface area contributed by atoms with Gasteiger partial charge < -0.3 is 24.4 Å². The molecular formula is C20H22N2O4. The van der Waals surface area contributed by atoms with Crippen LogP contribution >= 0.6 is 0 Å². The highest BCUT2D eigenvalue weighted by Gasteiger charge is 2.34. The Kier molecular flexibility index (Phi) is 4.67. The lowest BCUT2D eigenvalue weighted by Crippen LogP contribution is -2.46. The Bertz CT molecular complexity index is 772. The summed E-state index contributed by atoms with van der Waals surface area (Å²) in [5.41, 5.74) is 1.87. The Balaban J connectivity index is 1.41. The van der Waals surface area contributed by atoms with E-state index in [1.807, 2.05) is 49.4 Å². The minimum Gasteiger partial charge on any atom is -0.482 e. The number of para-hydroxylation sites is 2. The highest BCUT2D eigenvalue weighted by atomic mass is 16.6. The second kappa shape index (κ2) is 7.25. The van der Waals surface area contributed by atoms with Gasteiger partial charge in [-0.3, -0.25) is 4.79 Å². The van der Waals surface area contributed by atoms with Crippen molar-refractivity contribution in [1.29, 1.82) is 0 Å². The third kappa shape index (κ3) is 3.46. The average Bonchev–Trinajstić information content (AvgIpc) is 2.68. The molecule has 2 atom stereocenters. The number of hydrogen-bond acceptors (Lipinski definition) is 5. The molecule has 6 heteroatoms. The van der Waals surface area contributed by atoms with Crippen LogP contribution in [0.25, 0.3) is 0 Å². The van der Waals surface area contributed by atoms with E-state index in [0.29, 0.717) is 11.5 Å². The van der Waals surface area contributed by atoms with Crippen LogP contribution in [-0.2, 0) is 9.53 Å². The van der Waals surface area contributed by atoms with E-state index in [0.717, 1.165) is 37.7 Å². The zero-order valence-electron chi connectivity index (χ0n) is 14.7. The van der Waals surface area contributed by atoms with Crippen molar-refractivity contribution < 1.29 is 19.0 Å². The molecule has 1 amide bonds. The lowest BCUT2D eigenvalue weighted by molar-refractivity contribution is -0.128. The van der Waals surface area contributed by atoms with Crippen molar-refractivity contribution in [2.24, 2.45) is 0 Å². The van der Waals surface area contributed by atoms with Gasteiger partial charge in [0.25, 0.3) is 5.91 Å². The summed E-state index contributed by atoms with van der Waals surface area (Å²) in [4.78, 5) is 14.9. The average molecular weight is 354 g/mol. The minimum atomic E-state index is -0.691. The maximum atomic E-state index is 12.6. The number of amides is 1. The highest BCUT2D eigenvalue weighted by Crippen LogP contribution is 2.33. The number of carbonyl (C=O) groups excluding carboxylic acids is 1. The fourth-order valence-corrected chi connectivity index (χ4v) is 3.20. The first-order valence-electron chi connectivity index (χ1n) is 8.87. The molecule has 2 aromatic carbocycles. The molecule has 1 N–H and O–H groups in total. The van der Waals surface area contributed by atoms with Crippen LogP contribution in [0.4, 0.5) is 11.4 Å². The van der Waals surface area contributed by atoms with E-state index in [1.165, 1.54) is 0 Å². The van der Waals surface area contributed by atoms with E-state index >= 15 is 0 Å². The van der Waals surface area contributed by atoms with Gasteiger partial charge in [0.05, 0.1) is 13.2 Å². The molecule has 2 aromatic rings. The van der Waals surface area contributed by atoms with Crippen LogP contribution in [0, 0.1) is 0 Å². The van der Waals surface area contributed by atoms with Crippen molar-refractivity contribution >= 4 is 17.3 Å². The Morgan fingerprint density at radius 1 is 1.00 bits per heavy atom. The molecule has 6 nitrogen and oxygen atoms in total. The minimum absolute atomic E-state index is 0.217. The zero-order chi connectivity index (χ0) is 17.9. The maximum absolute atomic E-state index is 12.6. The van der Waals surface area contributed by atoms with Gasteiger partial charge in [0.1, 0.15) is 6.10 Å². The van der Waals surface area contributed by atoms with Crippen LogP contribution in [0.2, 0.25) is 0 Å². The van der Waals surface area contributed by atoms with Crippen molar-refractivity contribution in [2.45, 2.75) is 19.1 Å². The van der Waals surface area contributed by atoms with Crippen molar-refractivity contribution in [2.75, 3.05) is 36.5 Å². The lowest BCUT2D eigenvalue weighted by atomic mass is 10.1. The third-order valence-corrected chi connectivity index (χ3v) is 4.61. The van der Waals surface area contributed by atoms with Gasteiger partial charge in [-0.25, -0.2) is 0 Å². The summed E-state index contributed by atoms with van der Waals surface area (Å²) in [5.74, 6) is 1.04. The topological polar surface area (TPSA) is 60.0 Å². The first kappa shape index (κ1) is 16.7. The summed E-state index contributed by atoms with van der Waals surface area (Å²) in [6.07, 6.45) is -1.05. The van der Waals surface area contributed by atoms with Crippen molar-refractivity contribution in [1.82, 2.24) is 0 Å². The molecule has 0 radical (unpaired) electrons. The van der Waals surface area contributed by atoms with Gasteiger partial charge in [-0.1, -0.05) is 12.1 Å². The molecule has 2 unspecified atom stereocenters. The smallest absolute Gasteiger partial charge is 0.269 e. The van der Waals surface area contributed by atoms with E-state index in [-0.39, 0.29) is 12.0 Å². The first-order valence-corrected chi connectivity index (χ1v) is 8.87. The molecule has 0 aromatic heterocycles. The quantitative estimate of drug-likeness (QED) is 0.918. The Labute approximate surface area is 152 Å². The number of carbonyl (C=O) groups is 1. The molecule has 1 fully saturated rings. The molecule has 4 rings (SSSR count). The SMILES string of the molecule is CC1Oc2ccccc2OC1C(=O)Nc1ccc(N2CCOCC2)cc1. The number of nitrogens with one attached hydrogen (secondary N) is 1. The molecule has 0 saturated carbocycles. The Morgan fingerprint density at radius 3 is 2.35 bits per heavy atom. The zero-order valence-corrected chi connectivity index (χ0v) is 14.7. The number of morpholine rings is 1. The van der Waals surface area contributed by atoms with Crippen LogP contribution in [0.3, 0.4) is 0 Å². The van der Waals surface area contributed by atoms with Gasteiger partial charge in [0.2, 0.25) is 6.10 Å². The Morgan fingerprint density at radius 2 is 1.65 bits per heavy atom. The molecule has 2 aliphatic heterocycles. The normalized spacial score (nSPS) is 22.0. The van der Waals surface area contributed by atoms with Crippen LogP contribution < -0.4 is 19.7 Å². The number of ether oxygens (including phenoxy) is 3. The first-order chi connectivity index (χ1) is 12.7. The van der Waals surface area contributed by atoms with Gasteiger partial charge >= 0.3 is 0 Å². The fourth-order valence-electron chi connectivity index (χ4n) is 3.20. The number of hydrogen-bond donors (Lipinski definition) is 1. The molecule has 136 valence electrons. The summed E-state index contributed by atoms with van der Waals surface area (Å²) < 4.78 is 17.0. The lowest BCUT2D eigenvalue weighted by Gasteiger charge is -2.31. The third-order valence-electron chi connectivity index (χ3n) is 4.61. The van der Waals surface area contributed by atoms with E-state index < -0.39 is 6.10 Å². The van der Waals surface area contributed by atoms with Crippen molar-refractivity contribution in [3.63, 3.8) is 0 Å². The van der Waals surface area contributed by atoms with Crippen LogP contribution in [0.15, 0.2) is 48.5 Å². The summed E-state index contributed by atoms with van der Waals surface area (Å²) in [7, 11) is 0. The van der Waals surface area contributed by atoms with E-state index in [4.69, 9.17) is 14.2 Å². The molecule has 0 spiro atoms. The predicted molar refractivity (Wildman–Crippen MR) is 99.1 cm³/mol. The molecule has 2 aliphatic rings. The fraction of sp³-hybridized carbons (Fsp3) is 0.350. The van der Waals surface area contributed by atoms with E-state index in [9.17, 15) is 4.79 Å². The van der Waals surface area contributed by atoms with Crippen molar-refractivity contribution in [3.8, 4) is 11.5 Å². The molecule has 2 heterocycles. The monoisotopic (exact) mass is 354 g/mol. The second-order valence-corrected chi connectivity index (χ2v) is 6.44. The van der Waals surface area contributed by atoms with Gasteiger partial charge in [-0.2, -0.15) is 0 Å². The summed E-state index contributed by atoms with van der Waals surface area (Å²) >= 11 is 0. The number of anilines is 2. The predicted octanol–water partition coefficient (Wildman–Crippen LogP) is 2.69. The number of benzene rings is 2. The van der Waals surface area contributed by atoms with Gasteiger partial charge in [0, 0.05) is 24.5 Å². The van der Waals surface area contributed by atoms with Crippen molar-refractivity contribution in [3.05, 3.63) is 48.5 Å². The summed E-state index contributed by atoms with van der Waals surface area (Å²) in [5, 5.41) is 2.92. The number of nitrogens with zero attached hydrogens (tertiary/aromatic N) is 1. The highest BCUT2D eigenvalue weighted by molar-refractivity contribution is 5.95. The largest absolute Gasteiger partial charge is 0.482 e. The van der Waals surface area contributed by atoms with Crippen LogP contribution in [0.5, 0.6) is 11.5 Å². The Hall–Kier alpha value is -2.73. The summed E-state index contributed by atoms with van der Waals surface area (Å²) in [6.45, 7) is 5.10. The van der Waals surface area contributed by atoms with Crippen LogP contribution in [-0.4, -0.2) is 44.4 Å². The maximum Gasteiger partial charge on any atom is 0.269 e. The second-order valence-electron chi connectivity index (χ2n) is 6.44. The molecule has 1 saturated heterocycles. The van der Waals surface area contributed by atoms with Gasteiger partial charge in [0.15, 0.2) is 11.5 Å². The number of fused-ring (bicyclic) bond motifs is 1. The molecular weight excluding hydrogens is 332 g/mol. The standard InChI is InChI=1S/C20H22N2O4/c1-14-19(26-18-5-3-2-4-17(18)25-14)20(23)21-15-6-8-16(9-7-15)22-10-12-24-13-11-22/h2-9,14,19H,10-13H2,1H3,(H,21,23). The summed E-state index contributed by atoms with van der Waals surface area (Å²) in [6, 6.07) is 15.2. The molecule has 26 heavy (non-hydrogen) atoms. The van der Waals surface area contributed by atoms with E-state index in [1.54, 1.807) is 6.07 Å². The number of rotatable bonds is 3. The molecule has 0 aliphatic carbocycles. The van der Waals surface area contributed by atoms with Gasteiger partial charge in [-0.15, -0.1) is 0 Å². The van der Waals surface area contributed by atoms with Crippen LogP contribution in [0.1, 0.15) is 6.92 Å². The molecule has 0 bridgehead atoms. The van der Waals surface area contributed by atoms with Gasteiger partial charge in [-0.05, 0) is 43.3 Å².